The van der Waals surface area contributed by atoms with Gasteiger partial charge in [-0.15, -0.1) is 0 Å². The van der Waals surface area contributed by atoms with E-state index >= 15 is 0 Å². The summed E-state index contributed by atoms with van der Waals surface area (Å²) < 4.78 is 0. The summed E-state index contributed by atoms with van der Waals surface area (Å²) in [6.45, 7) is 0.502. The van der Waals surface area contributed by atoms with E-state index < -0.39 is 0 Å². The van der Waals surface area contributed by atoms with Gasteiger partial charge in [0.1, 0.15) is 0 Å². The summed E-state index contributed by atoms with van der Waals surface area (Å²) in [6.07, 6.45) is 3.73. The van der Waals surface area contributed by atoms with Crippen LogP contribution in [0.3, 0.4) is 0 Å². The molecule has 0 aliphatic rings. The van der Waals surface area contributed by atoms with Crippen LogP contribution < -0.4 is 10.6 Å². The Morgan fingerprint density at radius 1 is 0.867 bits per heavy atom. The molecule has 152 valence electrons. The van der Waals surface area contributed by atoms with Gasteiger partial charge in [0.15, 0.2) is 0 Å². The van der Waals surface area contributed by atoms with Gasteiger partial charge in [-0.05, 0) is 47.9 Å². The first-order chi connectivity index (χ1) is 14.5. The van der Waals surface area contributed by atoms with Crippen LogP contribution >= 0.6 is 23.2 Å². The highest BCUT2D eigenvalue weighted by Gasteiger charge is 2.12. The second kappa shape index (κ2) is 10.6. The zero-order valence-corrected chi connectivity index (χ0v) is 17.6. The van der Waals surface area contributed by atoms with E-state index in [-0.39, 0.29) is 11.8 Å². The van der Waals surface area contributed by atoms with Gasteiger partial charge >= 0.3 is 0 Å². The van der Waals surface area contributed by atoms with E-state index in [1.165, 1.54) is 6.08 Å². The zero-order valence-electron chi connectivity index (χ0n) is 16.1. The molecule has 3 rings (SSSR count). The molecule has 0 bridgehead atoms. The Labute approximate surface area is 185 Å². The Morgan fingerprint density at radius 3 is 2.37 bits per heavy atom. The van der Waals surface area contributed by atoms with Gasteiger partial charge in [-0.3, -0.25) is 9.59 Å². The van der Waals surface area contributed by atoms with Crippen molar-refractivity contribution in [1.82, 2.24) is 5.32 Å². The second-order valence-electron chi connectivity index (χ2n) is 6.53. The van der Waals surface area contributed by atoms with E-state index in [4.69, 9.17) is 23.2 Å². The number of benzene rings is 3. The van der Waals surface area contributed by atoms with E-state index in [2.05, 4.69) is 10.6 Å². The van der Waals surface area contributed by atoms with Crippen LogP contribution in [0.2, 0.25) is 10.0 Å². The van der Waals surface area contributed by atoms with Crippen molar-refractivity contribution in [3.8, 4) is 0 Å². The molecule has 0 saturated heterocycles. The Hall–Kier alpha value is -3.08. The molecule has 0 aliphatic heterocycles. The Kier molecular flexibility index (Phi) is 7.66. The van der Waals surface area contributed by atoms with E-state index in [0.717, 1.165) is 17.5 Å². The molecule has 6 heteroatoms. The summed E-state index contributed by atoms with van der Waals surface area (Å²) in [7, 11) is 0. The number of para-hydroxylation sites is 1. The molecule has 3 aromatic rings. The quantitative estimate of drug-likeness (QED) is 0.470. The van der Waals surface area contributed by atoms with Crippen molar-refractivity contribution in [2.75, 3.05) is 11.9 Å². The summed E-state index contributed by atoms with van der Waals surface area (Å²) in [5, 5.41) is 6.51. The number of halogens is 2. The van der Waals surface area contributed by atoms with Crippen molar-refractivity contribution in [3.63, 3.8) is 0 Å². The molecule has 2 amide bonds. The third kappa shape index (κ3) is 6.21. The van der Waals surface area contributed by atoms with Gasteiger partial charge in [-0.1, -0.05) is 71.7 Å². The summed E-state index contributed by atoms with van der Waals surface area (Å²) in [6, 6.07) is 21.9. The highest BCUT2D eigenvalue weighted by molar-refractivity contribution is 6.42. The fraction of sp³-hybridized carbons (Fsp3) is 0.0833. The van der Waals surface area contributed by atoms with Crippen LogP contribution in [-0.2, 0) is 11.2 Å². The maximum Gasteiger partial charge on any atom is 0.253 e. The number of carbonyl (C=O) groups excluding carboxylic acids is 2. The third-order valence-corrected chi connectivity index (χ3v) is 5.08. The van der Waals surface area contributed by atoms with Gasteiger partial charge in [0.2, 0.25) is 5.91 Å². The Bertz CT molecular complexity index is 1070. The maximum absolute atomic E-state index is 12.6. The lowest BCUT2D eigenvalue weighted by atomic mass is 10.1. The fourth-order valence-electron chi connectivity index (χ4n) is 2.81. The van der Waals surface area contributed by atoms with Crippen LogP contribution in [0.4, 0.5) is 5.69 Å². The number of carbonyl (C=O) groups is 2. The van der Waals surface area contributed by atoms with Crippen LogP contribution in [-0.4, -0.2) is 18.4 Å². The van der Waals surface area contributed by atoms with Crippen molar-refractivity contribution in [2.45, 2.75) is 6.42 Å². The van der Waals surface area contributed by atoms with Gasteiger partial charge in [-0.2, -0.15) is 0 Å². The topological polar surface area (TPSA) is 58.2 Å². The van der Waals surface area contributed by atoms with E-state index in [1.807, 2.05) is 30.3 Å². The van der Waals surface area contributed by atoms with Crippen LogP contribution in [0.25, 0.3) is 6.08 Å². The molecular weight excluding hydrogens is 419 g/mol. The minimum Gasteiger partial charge on any atom is -0.352 e. The summed E-state index contributed by atoms with van der Waals surface area (Å²) >= 11 is 11.9. The molecular formula is C24H20Cl2N2O2. The van der Waals surface area contributed by atoms with Gasteiger partial charge in [0.25, 0.3) is 5.91 Å². The van der Waals surface area contributed by atoms with Crippen LogP contribution in [0, 0.1) is 0 Å². The molecule has 3 aromatic carbocycles. The first-order valence-corrected chi connectivity index (χ1v) is 10.1. The molecule has 0 fully saturated rings. The Morgan fingerprint density at radius 2 is 1.60 bits per heavy atom. The average molecular weight is 439 g/mol. The largest absolute Gasteiger partial charge is 0.352 e. The Balaban J connectivity index is 1.61. The lowest BCUT2D eigenvalue weighted by Gasteiger charge is -2.10. The molecule has 0 spiro atoms. The molecule has 0 unspecified atom stereocenters. The summed E-state index contributed by atoms with van der Waals surface area (Å²) in [5.41, 5.74) is 2.73. The summed E-state index contributed by atoms with van der Waals surface area (Å²) in [4.78, 5) is 24.9. The lowest BCUT2D eigenvalue weighted by molar-refractivity contribution is -0.111. The molecule has 0 heterocycles. The van der Waals surface area contributed by atoms with Crippen molar-refractivity contribution in [2.24, 2.45) is 0 Å². The first kappa shape index (κ1) is 21.6. The zero-order chi connectivity index (χ0) is 21.3. The van der Waals surface area contributed by atoms with E-state index in [9.17, 15) is 9.59 Å². The number of hydrogen-bond donors (Lipinski definition) is 2. The van der Waals surface area contributed by atoms with Crippen LogP contribution in [0.15, 0.2) is 78.9 Å². The minimum absolute atomic E-state index is 0.240. The van der Waals surface area contributed by atoms with Crippen molar-refractivity contribution >= 4 is 46.8 Å². The maximum atomic E-state index is 12.6. The number of rotatable bonds is 7. The number of amides is 2. The third-order valence-electron chi connectivity index (χ3n) is 4.34. The molecule has 2 N–H and O–H groups in total. The van der Waals surface area contributed by atoms with E-state index in [0.29, 0.717) is 27.8 Å². The number of nitrogens with one attached hydrogen (secondary N) is 2. The number of anilines is 1. The first-order valence-electron chi connectivity index (χ1n) is 9.38. The van der Waals surface area contributed by atoms with Gasteiger partial charge in [0.05, 0.1) is 21.3 Å². The summed E-state index contributed by atoms with van der Waals surface area (Å²) in [5.74, 6) is -0.596. The predicted molar refractivity (Wildman–Crippen MR) is 123 cm³/mol. The van der Waals surface area contributed by atoms with E-state index in [1.54, 1.807) is 48.5 Å². The van der Waals surface area contributed by atoms with Crippen LogP contribution in [0.5, 0.6) is 0 Å². The molecule has 0 saturated carbocycles. The molecule has 0 aliphatic carbocycles. The lowest BCUT2D eigenvalue weighted by Crippen LogP contribution is -2.27. The monoisotopic (exact) mass is 438 g/mol. The fourth-order valence-corrected chi connectivity index (χ4v) is 3.12. The molecule has 0 aromatic heterocycles. The molecule has 0 atom stereocenters. The minimum atomic E-state index is -0.356. The number of hydrogen-bond acceptors (Lipinski definition) is 2. The average Bonchev–Trinajstić information content (AvgIpc) is 2.75. The molecule has 0 radical (unpaired) electrons. The smallest absolute Gasteiger partial charge is 0.253 e. The van der Waals surface area contributed by atoms with Crippen LogP contribution in [0.1, 0.15) is 21.5 Å². The van der Waals surface area contributed by atoms with Gasteiger partial charge in [-0.25, -0.2) is 0 Å². The van der Waals surface area contributed by atoms with Crippen molar-refractivity contribution < 1.29 is 9.59 Å². The van der Waals surface area contributed by atoms with Crippen molar-refractivity contribution in [3.05, 3.63) is 106 Å². The highest BCUT2D eigenvalue weighted by Crippen LogP contribution is 2.23. The molecule has 4 nitrogen and oxygen atoms in total. The predicted octanol–water partition coefficient (Wildman–Crippen LogP) is 5.62. The van der Waals surface area contributed by atoms with Gasteiger partial charge in [0, 0.05) is 12.6 Å². The highest BCUT2D eigenvalue weighted by atomic mass is 35.5. The molecule has 30 heavy (non-hydrogen) atoms. The second-order valence-corrected chi connectivity index (χ2v) is 7.35. The standard InChI is InChI=1S/C24H20Cl2N2O2/c25-20-12-10-18(16-21(20)26)11-13-23(29)28-22-9-5-4-8-19(22)24(30)27-15-14-17-6-2-1-3-7-17/h1-13,16H,14-15H2,(H,27,30)(H,28,29)/b13-11+. The normalized spacial score (nSPS) is 10.7. The van der Waals surface area contributed by atoms with Gasteiger partial charge < -0.3 is 10.6 Å². The van der Waals surface area contributed by atoms with Crippen molar-refractivity contribution in [1.29, 1.82) is 0 Å². The SMILES string of the molecule is O=C(/C=C/c1ccc(Cl)c(Cl)c1)Nc1ccccc1C(=O)NCCc1ccccc1.